The Morgan fingerprint density at radius 1 is 1.00 bits per heavy atom. The quantitative estimate of drug-likeness (QED) is 0.786. The summed E-state index contributed by atoms with van der Waals surface area (Å²) in [6, 6.07) is 10.6. The van der Waals surface area contributed by atoms with Gasteiger partial charge < -0.3 is 5.32 Å². The van der Waals surface area contributed by atoms with Gasteiger partial charge in [-0.05, 0) is 48.4 Å². The molecule has 3 aromatic rings. The van der Waals surface area contributed by atoms with E-state index in [1.165, 1.54) is 6.07 Å². The number of nitrogens with one attached hydrogen (secondary N) is 1. The third-order valence-electron chi connectivity index (χ3n) is 3.26. The van der Waals surface area contributed by atoms with Gasteiger partial charge in [0.05, 0.1) is 11.0 Å². The molecule has 0 saturated heterocycles. The van der Waals surface area contributed by atoms with Gasteiger partial charge in [0.15, 0.2) is 0 Å². The summed E-state index contributed by atoms with van der Waals surface area (Å²) in [5.41, 5.74) is 4.67. The number of benzene rings is 2. The van der Waals surface area contributed by atoms with Gasteiger partial charge in [-0.3, -0.25) is 9.97 Å². The highest BCUT2D eigenvalue weighted by molar-refractivity contribution is 5.78. The molecule has 4 heteroatoms. The Kier molecular flexibility index (Phi) is 3.29. The van der Waals surface area contributed by atoms with E-state index in [1.807, 2.05) is 25.1 Å². The molecule has 0 atom stereocenters. The van der Waals surface area contributed by atoms with Crippen LogP contribution in [0.15, 0.2) is 48.8 Å². The first kappa shape index (κ1) is 12.5. The minimum absolute atomic E-state index is 0.211. The Balaban J connectivity index is 1.81. The largest absolute Gasteiger partial charge is 0.381 e. The third-order valence-corrected chi connectivity index (χ3v) is 3.26. The molecular weight excluding hydrogens is 253 g/mol. The number of aromatic nitrogens is 2. The molecule has 0 radical (unpaired) electrons. The lowest BCUT2D eigenvalue weighted by Crippen LogP contribution is -2.02. The molecule has 3 nitrogen and oxygen atoms in total. The number of rotatable bonds is 3. The molecule has 0 saturated carbocycles. The topological polar surface area (TPSA) is 37.8 Å². The summed E-state index contributed by atoms with van der Waals surface area (Å²) in [6.07, 6.45) is 3.34. The standard InChI is InChI=1S/C16H14FN3/c1-11-2-3-13(17)8-12(11)10-20-14-4-5-15-16(9-14)19-7-6-18-15/h2-9,20H,10H2,1H3. The van der Waals surface area contributed by atoms with Gasteiger partial charge in [-0.2, -0.15) is 0 Å². The van der Waals surface area contributed by atoms with Crippen LogP contribution in [-0.2, 0) is 6.54 Å². The molecule has 3 rings (SSSR count). The summed E-state index contributed by atoms with van der Waals surface area (Å²) in [5, 5.41) is 3.29. The van der Waals surface area contributed by atoms with Gasteiger partial charge in [0.1, 0.15) is 5.82 Å². The smallest absolute Gasteiger partial charge is 0.123 e. The van der Waals surface area contributed by atoms with Gasteiger partial charge >= 0.3 is 0 Å². The van der Waals surface area contributed by atoms with Crippen molar-refractivity contribution in [2.45, 2.75) is 13.5 Å². The zero-order chi connectivity index (χ0) is 13.9. The summed E-state index contributed by atoms with van der Waals surface area (Å²) in [5.74, 6) is -0.211. The van der Waals surface area contributed by atoms with E-state index in [1.54, 1.807) is 24.5 Å². The molecule has 0 amide bonds. The van der Waals surface area contributed by atoms with Gasteiger partial charge in [0.2, 0.25) is 0 Å². The van der Waals surface area contributed by atoms with E-state index in [4.69, 9.17) is 0 Å². The Labute approximate surface area is 116 Å². The summed E-state index contributed by atoms with van der Waals surface area (Å²) in [6.45, 7) is 2.55. The number of fused-ring (bicyclic) bond motifs is 1. The monoisotopic (exact) mass is 267 g/mol. The molecule has 20 heavy (non-hydrogen) atoms. The van der Waals surface area contributed by atoms with Crippen LogP contribution in [-0.4, -0.2) is 9.97 Å². The molecule has 0 aliphatic carbocycles. The van der Waals surface area contributed by atoms with E-state index in [0.29, 0.717) is 6.54 Å². The Hall–Kier alpha value is -2.49. The first-order valence-electron chi connectivity index (χ1n) is 6.42. The van der Waals surface area contributed by atoms with E-state index in [9.17, 15) is 4.39 Å². The fourth-order valence-electron chi connectivity index (χ4n) is 2.10. The van der Waals surface area contributed by atoms with Crippen molar-refractivity contribution in [3.05, 3.63) is 65.7 Å². The predicted molar refractivity (Wildman–Crippen MR) is 78.0 cm³/mol. The maximum atomic E-state index is 13.2. The summed E-state index contributed by atoms with van der Waals surface area (Å²) in [4.78, 5) is 8.49. The van der Waals surface area contributed by atoms with Crippen molar-refractivity contribution in [1.29, 1.82) is 0 Å². The second-order valence-electron chi connectivity index (χ2n) is 4.68. The molecule has 0 unspecified atom stereocenters. The molecule has 1 N–H and O–H groups in total. The van der Waals surface area contributed by atoms with Crippen LogP contribution < -0.4 is 5.32 Å². The number of halogens is 1. The van der Waals surface area contributed by atoms with Crippen LogP contribution in [0.25, 0.3) is 11.0 Å². The lowest BCUT2D eigenvalue weighted by Gasteiger charge is -2.09. The Morgan fingerprint density at radius 3 is 2.65 bits per heavy atom. The van der Waals surface area contributed by atoms with Crippen molar-refractivity contribution in [3.63, 3.8) is 0 Å². The molecule has 0 aliphatic heterocycles. The summed E-state index contributed by atoms with van der Waals surface area (Å²) >= 11 is 0. The maximum absolute atomic E-state index is 13.2. The average Bonchev–Trinajstić information content (AvgIpc) is 2.48. The summed E-state index contributed by atoms with van der Waals surface area (Å²) in [7, 11) is 0. The Morgan fingerprint density at radius 2 is 1.80 bits per heavy atom. The first-order chi connectivity index (χ1) is 9.72. The zero-order valence-corrected chi connectivity index (χ0v) is 11.1. The molecular formula is C16H14FN3. The number of nitrogens with zero attached hydrogens (tertiary/aromatic N) is 2. The molecule has 100 valence electrons. The molecule has 0 spiro atoms. The van der Waals surface area contributed by atoms with Gasteiger partial charge in [0, 0.05) is 24.6 Å². The van der Waals surface area contributed by atoms with Gasteiger partial charge in [-0.15, -0.1) is 0 Å². The molecule has 1 aromatic heterocycles. The molecule has 1 heterocycles. The molecule has 0 aliphatic rings. The van der Waals surface area contributed by atoms with Gasteiger partial charge in [-0.1, -0.05) is 6.07 Å². The van der Waals surface area contributed by atoms with E-state index < -0.39 is 0 Å². The number of hydrogen-bond acceptors (Lipinski definition) is 3. The van der Waals surface area contributed by atoms with Gasteiger partial charge in [0.25, 0.3) is 0 Å². The van der Waals surface area contributed by atoms with Crippen molar-refractivity contribution in [3.8, 4) is 0 Å². The highest BCUT2D eigenvalue weighted by atomic mass is 19.1. The predicted octanol–water partition coefficient (Wildman–Crippen LogP) is 3.69. The van der Waals surface area contributed by atoms with E-state index in [-0.39, 0.29) is 5.82 Å². The van der Waals surface area contributed by atoms with Crippen LogP contribution in [0.1, 0.15) is 11.1 Å². The average molecular weight is 267 g/mol. The molecule has 2 aromatic carbocycles. The van der Waals surface area contributed by atoms with Crippen LogP contribution in [0.2, 0.25) is 0 Å². The number of aryl methyl sites for hydroxylation is 1. The third kappa shape index (κ3) is 2.59. The van der Waals surface area contributed by atoms with Crippen molar-refractivity contribution >= 4 is 16.7 Å². The van der Waals surface area contributed by atoms with Crippen LogP contribution in [0.5, 0.6) is 0 Å². The second-order valence-corrected chi connectivity index (χ2v) is 4.68. The minimum Gasteiger partial charge on any atom is -0.381 e. The zero-order valence-electron chi connectivity index (χ0n) is 11.1. The Bertz CT molecular complexity index is 756. The molecule has 0 bridgehead atoms. The number of hydrogen-bond donors (Lipinski definition) is 1. The first-order valence-corrected chi connectivity index (χ1v) is 6.42. The van der Waals surface area contributed by atoms with Crippen molar-refractivity contribution in [1.82, 2.24) is 9.97 Å². The highest BCUT2D eigenvalue weighted by Gasteiger charge is 2.02. The SMILES string of the molecule is Cc1ccc(F)cc1CNc1ccc2nccnc2c1. The van der Waals surface area contributed by atoms with Crippen LogP contribution in [0, 0.1) is 12.7 Å². The minimum atomic E-state index is -0.211. The van der Waals surface area contributed by atoms with E-state index >= 15 is 0 Å². The summed E-state index contributed by atoms with van der Waals surface area (Å²) < 4.78 is 13.2. The lowest BCUT2D eigenvalue weighted by molar-refractivity contribution is 0.625. The van der Waals surface area contributed by atoms with Crippen molar-refractivity contribution < 1.29 is 4.39 Å². The highest BCUT2D eigenvalue weighted by Crippen LogP contribution is 2.17. The van der Waals surface area contributed by atoms with Crippen LogP contribution in [0.4, 0.5) is 10.1 Å². The maximum Gasteiger partial charge on any atom is 0.123 e. The fraction of sp³-hybridized carbons (Fsp3) is 0.125. The normalized spacial score (nSPS) is 10.7. The molecule has 0 fully saturated rings. The second kappa shape index (κ2) is 5.25. The fourth-order valence-corrected chi connectivity index (χ4v) is 2.10. The van der Waals surface area contributed by atoms with Crippen molar-refractivity contribution in [2.24, 2.45) is 0 Å². The van der Waals surface area contributed by atoms with Crippen molar-refractivity contribution in [2.75, 3.05) is 5.32 Å². The van der Waals surface area contributed by atoms with Crippen LogP contribution in [0.3, 0.4) is 0 Å². The van der Waals surface area contributed by atoms with E-state index in [2.05, 4.69) is 15.3 Å². The lowest BCUT2D eigenvalue weighted by atomic mass is 10.1. The van der Waals surface area contributed by atoms with E-state index in [0.717, 1.165) is 27.8 Å². The van der Waals surface area contributed by atoms with Crippen LogP contribution >= 0.6 is 0 Å². The number of anilines is 1. The van der Waals surface area contributed by atoms with Gasteiger partial charge in [-0.25, -0.2) is 4.39 Å².